The van der Waals surface area contributed by atoms with Gasteiger partial charge in [-0.15, -0.1) is 0 Å². The predicted molar refractivity (Wildman–Crippen MR) is 208 cm³/mol. The van der Waals surface area contributed by atoms with Crippen LogP contribution in [-0.2, 0) is 71.4 Å². The van der Waals surface area contributed by atoms with Crippen LogP contribution in [0.15, 0.2) is 75.9 Å². The zero-order valence-electron chi connectivity index (χ0n) is 34.1. The van der Waals surface area contributed by atoms with Crippen molar-refractivity contribution in [1.29, 1.82) is 0 Å². The highest BCUT2D eigenvalue weighted by Crippen LogP contribution is 2.25. The van der Waals surface area contributed by atoms with Crippen molar-refractivity contribution in [2.24, 2.45) is 5.41 Å². The Kier molecular flexibility index (Phi) is 23.1. The van der Waals surface area contributed by atoms with Crippen molar-refractivity contribution < 1.29 is 85.8 Å². The molecular weight excluding hydrogens is 798 g/mol. The first-order valence-electron chi connectivity index (χ1n) is 17.7. The number of hydrogen-bond acceptors (Lipinski definition) is 18. The van der Waals surface area contributed by atoms with E-state index in [1.807, 2.05) is 0 Å². The van der Waals surface area contributed by atoms with Crippen LogP contribution >= 0.6 is 0 Å². The van der Waals surface area contributed by atoms with Gasteiger partial charge in [-0.25, -0.2) is 43.2 Å². The van der Waals surface area contributed by atoms with Crippen LogP contribution in [0.2, 0.25) is 0 Å². The highest BCUT2D eigenvalue weighted by molar-refractivity contribution is 5.83. The van der Waals surface area contributed by atoms with E-state index in [1.54, 1.807) is 6.92 Å². The maximum absolute atomic E-state index is 13.2. The van der Waals surface area contributed by atoms with E-state index in [9.17, 15) is 43.2 Å². The SMILES string of the molecule is C=CC(=O)OCC(C)(COC(=O)C=C)NC(=O)OCC(CC)(COC(=O)NC(C)(COC(=O)C=C)COC(=O)C=C)COC(=O)NC(C)(COC(=O)C=C)COC(=O)C=C. The summed E-state index contributed by atoms with van der Waals surface area (Å²) in [6.45, 7) is 20.4. The molecule has 0 fully saturated rings. The summed E-state index contributed by atoms with van der Waals surface area (Å²) >= 11 is 0. The lowest BCUT2D eigenvalue weighted by atomic mass is 9.88. The number of nitrogens with one attached hydrogen (secondary N) is 3. The molecule has 0 spiro atoms. The summed E-state index contributed by atoms with van der Waals surface area (Å²) in [6.07, 6.45) is 1.70. The molecule has 60 heavy (non-hydrogen) atoms. The molecular formula is C39H53N3O18. The number of esters is 6. The summed E-state index contributed by atoms with van der Waals surface area (Å²) in [7, 11) is 0. The summed E-state index contributed by atoms with van der Waals surface area (Å²) in [6, 6.07) is 0. The molecule has 21 heteroatoms. The fraction of sp³-hybridized carbons (Fsp3) is 0.462. The molecule has 0 rings (SSSR count). The lowest BCUT2D eigenvalue weighted by Crippen LogP contribution is -2.55. The Balaban J connectivity index is 6.52. The number of alkyl carbamates (subject to hydrolysis) is 3. The van der Waals surface area contributed by atoms with E-state index in [1.165, 1.54) is 20.8 Å². The van der Waals surface area contributed by atoms with Gasteiger partial charge in [0.25, 0.3) is 0 Å². The zero-order valence-corrected chi connectivity index (χ0v) is 34.1. The number of hydrogen-bond donors (Lipinski definition) is 3. The van der Waals surface area contributed by atoms with Crippen LogP contribution in [0.5, 0.6) is 0 Å². The molecule has 332 valence electrons. The standard InChI is InChI=1S/C39H53N3O18/c1-11-27(43)52-18-36(8,19-53-28(44)12-2)40-33(49)58-24-39(17-7,25-59-34(50)41-37(9,20-54-29(45)13-3)21-55-30(46)14-4)26-60-35(51)42-38(10,22-56-31(47)15-5)23-57-32(48)16-6/h11-16H,1-6,17-26H2,7-10H3,(H,40,49)(H,41,50)(H,42,51). The van der Waals surface area contributed by atoms with Gasteiger partial charge in [0.1, 0.15) is 76.1 Å². The largest absolute Gasteiger partial charge is 0.460 e. The first-order chi connectivity index (χ1) is 28.1. The van der Waals surface area contributed by atoms with Crippen molar-refractivity contribution >= 4 is 54.1 Å². The van der Waals surface area contributed by atoms with Gasteiger partial charge in [0, 0.05) is 36.5 Å². The van der Waals surface area contributed by atoms with Crippen LogP contribution in [0.3, 0.4) is 0 Å². The third-order valence-electron chi connectivity index (χ3n) is 7.69. The first kappa shape index (κ1) is 53.1. The fourth-order valence-corrected chi connectivity index (χ4v) is 4.01. The second kappa shape index (κ2) is 26.1. The van der Waals surface area contributed by atoms with E-state index >= 15 is 0 Å². The van der Waals surface area contributed by atoms with E-state index in [0.717, 1.165) is 36.5 Å². The van der Waals surface area contributed by atoms with Crippen molar-refractivity contribution in [1.82, 2.24) is 16.0 Å². The lowest BCUT2D eigenvalue weighted by molar-refractivity contribution is -0.146. The molecule has 0 bridgehead atoms. The Hall–Kier alpha value is -6.93. The number of amides is 3. The molecule has 0 atom stereocenters. The predicted octanol–water partition coefficient (Wildman–Crippen LogP) is 2.21. The third-order valence-corrected chi connectivity index (χ3v) is 7.69. The summed E-state index contributed by atoms with van der Waals surface area (Å²) in [5.41, 5.74) is -6.26. The minimum Gasteiger partial charge on any atom is -0.460 e. The highest BCUT2D eigenvalue weighted by atomic mass is 16.6. The number of carbonyl (C=O) groups is 9. The second-order valence-electron chi connectivity index (χ2n) is 13.5. The molecule has 0 aliphatic carbocycles. The van der Waals surface area contributed by atoms with Gasteiger partial charge in [0.2, 0.25) is 0 Å². The van der Waals surface area contributed by atoms with E-state index in [-0.39, 0.29) is 6.42 Å². The van der Waals surface area contributed by atoms with Gasteiger partial charge in [0.05, 0.1) is 5.41 Å². The molecule has 3 amide bonds. The molecule has 0 aromatic rings. The third kappa shape index (κ3) is 21.6. The summed E-state index contributed by atoms with van der Waals surface area (Å²) < 4.78 is 46.7. The normalized spacial score (nSPS) is 11.0. The van der Waals surface area contributed by atoms with Crippen molar-refractivity contribution in [3.8, 4) is 0 Å². The Morgan fingerprint density at radius 3 is 0.700 bits per heavy atom. The van der Waals surface area contributed by atoms with Crippen LogP contribution in [-0.4, -0.2) is 130 Å². The Labute approximate surface area is 347 Å². The van der Waals surface area contributed by atoms with Crippen LogP contribution in [0, 0.1) is 5.41 Å². The van der Waals surface area contributed by atoms with Crippen molar-refractivity contribution in [2.75, 3.05) is 59.5 Å². The Bertz CT molecular complexity index is 1380. The van der Waals surface area contributed by atoms with E-state index in [0.29, 0.717) is 0 Å². The van der Waals surface area contributed by atoms with Crippen LogP contribution in [0.4, 0.5) is 14.4 Å². The van der Waals surface area contributed by atoms with Crippen LogP contribution in [0.25, 0.3) is 0 Å². The molecule has 0 saturated heterocycles. The zero-order chi connectivity index (χ0) is 46.0. The number of carbonyl (C=O) groups excluding carboxylic acids is 9. The molecule has 0 radical (unpaired) electrons. The quantitative estimate of drug-likeness (QED) is 0.0578. The van der Waals surface area contributed by atoms with Gasteiger partial charge in [0.15, 0.2) is 0 Å². The minimum atomic E-state index is -1.57. The Morgan fingerprint density at radius 1 is 0.367 bits per heavy atom. The molecule has 21 nitrogen and oxygen atoms in total. The monoisotopic (exact) mass is 851 g/mol. The van der Waals surface area contributed by atoms with Gasteiger partial charge in [-0.2, -0.15) is 0 Å². The van der Waals surface area contributed by atoms with Gasteiger partial charge in [-0.1, -0.05) is 46.4 Å². The average molecular weight is 852 g/mol. The van der Waals surface area contributed by atoms with Gasteiger partial charge < -0.3 is 58.6 Å². The van der Waals surface area contributed by atoms with Crippen molar-refractivity contribution in [2.45, 2.75) is 50.7 Å². The number of rotatable bonds is 28. The molecule has 0 aliphatic rings. The lowest BCUT2D eigenvalue weighted by Gasteiger charge is -2.34. The van der Waals surface area contributed by atoms with Gasteiger partial charge >= 0.3 is 54.1 Å². The Morgan fingerprint density at radius 2 is 0.550 bits per heavy atom. The maximum Gasteiger partial charge on any atom is 0.407 e. The van der Waals surface area contributed by atoms with Gasteiger partial charge in [-0.3, -0.25) is 0 Å². The van der Waals surface area contributed by atoms with Gasteiger partial charge in [-0.05, 0) is 27.2 Å². The highest BCUT2D eigenvalue weighted by Gasteiger charge is 2.39. The molecule has 0 aliphatic heterocycles. The molecule has 0 saturated carbocycles. The van der Waals surface area contributed by atoms with E-state index in [2.05, 4.69) is 55.4 Å². The summed E-state index contributed by atoms with van der Waals surface area (Å²) in [5.74, 6) is -5.14. The van der Waals surface area contributed by atoms with E-state index < -0.39 is 136 Å². The van der Waals surface area contributed by atoms with Crippen molar-refractivity contribution in [3.63, 3.8) is 0 Å². The molecule has 0 heterocycles. The van der Waals surface area contributed by atoms with Crippen LogP contribution < -0.4 is 16.0 Å². The smallest absolute Gasteiger partial charge is 0.407 e. The molecule has 3 N–H and O–H groups in total. The average Bonchev–Trinajstić information content (AvgIpc) is 3.23. The topological polar surface area (TPSA) is 273 Å². The first-order valence-corrected chi connectivity index (χ1v) is 17.7. The molecule has 0 aromatic heterocycles. The van der Waals surface area contributed by atoms with E-state index in [4.69, 9.17) is 42.6 Å². The molecule has 0 aromatic carbocycles. The van der Waals surface area contributed by atoms with Crippen molar-refractivity contribution in [3.05, 3.63) is 75.9 Å². The molecule has 0 unspecified atom stereocenters. The number of ether oxygens (including phenoxy) is 9. The van der Waals surface area contributed by atoms with Crippen LogP contribution in [0.1, 0.15) is 34.1 Å². The minimum absolute atomic E-state index is 0.0255. The maximum atomic E-state index is 13.2. The second-order valence-corrected chi connectivity index (χ2v) is 13.5. The summed E-state index contributed by atoms with van der Waals surface area (Å²) in [4.78, 5) is 110. The summed E-state index contributed by atoms with van der Waals surface area (Å²) in [5, 5.41) is 7.30. The fourth-order valence-electron chi connectivity index (χ4n) is 4.01.